The number of nitrogens with zero attached hydrogens (tertiary/aromatic N) is 6. The quantitative estimate of drug-likeness (QED) is 0.691. The molecule has 0 bridgehead atoms. The average Bonchev–Trinajstić information content (AvgIpc) is 3.47. The molecular weight excluding hydrogens is 394 g/mol. The van der Waals surface area contributed by atoms with Crippen LogP contribution in [-0.4, -0.2) is 88.1 Å². The lowest BCUT2D eigenvalue weighted by molar-refractivity contribution is 0.0398. The summed E-state index contributed by atoms with van der Waals surface area (Å²) in [7, 11) is 0. The average molecular weight is 430 g/mol. The van der Waals surface area contributed by atoms with Gasteiger partial charge in [0.1, 0.15) is 0 Å². The topological polar surface area (TPSA) is 91.6 Å². The summed E-state index contributed by atoms with van der Waals surface area (Å²) in [6.07, 6.45) is 10.2. The van der Waals surface area contributed by atoms with Crippen molar-refractivity contribution in [1.82, 2.24) is 24.4 Å². The standard InChI is InChI=1S/C22H35N7O2/c30-15-18-7-4-9-28(18)22-25-20(23-8-10-27-11-13-31-14-12-27)19-21(26-22)29(16-24-19)17-5-2-1-3-6-17/h16-18,30H,1-15H2,(H,23,25,26). The third kappa shape index (κ3) is 4.49. The van der Waals surface area contributed by atoms with E-state index in [-0.39, 0.29) is 12.6 Å². The highest BCUT2D eigenvalue weighted by atomic mass is 16.5. The van der Waals surface area contributed by atoms with E-state index in [0.29, 0.717) is 6.04 Å². The summed E-state index contributed by atoms with van der Waals surface area (Å²) in [6.45, 7) is 6.38. The van der Waals surface area contributed by atoms with Crippen LogP contribution in [0.5, 0.6) is 0 Å². The molecule has 1 unspecified atom stereocenters. The van der Waals surface area contributed by atoms with Gasteiger partial charge >= 0.3 is 0 Å². The maximum Gasteiger partial charge on any atom is 0.229 e. The predicted molar refractivity (Wildman–Crippen MR) is 121 cm³/mol. The van der Waals surface area contributed by atoms with E-state index in [1.165, 1.54) is 32.1 Å². The molecule has 0 spiro atoms. The second-order valence-electron chi connectivity index (χ2n) is 9.04. The van der Waals surface area contributed by atoms with Gasteiger partial charge in [0.05, 0.1) is 32.2 Å². The van der Waals surface area contributed by atoms with Crippen LogP contribution in [0.3, 0.4) is 0 Å². The SMILES string of the molecule is OCC1CCCN1c1nc(NCCN2CCOCC2)c2ncn(C3CCCCC3)c2n1. The van der Waals surface area contributed by atoms with Crippen LogP contribution in [0.25, 0.3) is 11.2 Å². The van der Waals surface area contributed by atoms with Crippen LogP contribution in [-0.2, 0) is 4.74 Å². The Morgan fingerprint density at radius 2 is 1.87 bits per heavy atom. The van der Waals surface area contributed by atoms with Gasteiger partial charge in [-0.25, -0.2) is 4.98 Å². The van der Waals surface area contributed by atoms with Crippen molar-refractivity contribution in [1.29, 1.82) is 0 Å². The van der Waals surface area contributed by atoms with Crippen molar-refractivity contribution in [2.45, 2.75) is 57.0 Å². The third-order valence-electron chi connectivity index (χ3n) is 7.05. The van der Waals surface area contributed by atoms with Crippen molar-refractivity contribution in [3.05, 3.63) is 6.33 Å². The highest BCUT2D eigenvalue weighted by molar-refractivity contribution is 5.84. The number of rotatable bonds is 7. The van der Waals surface area contributed by atoms with E-state index in [0.717, 1.165) is 81.7 Å². The fraction of sp³-hybridized carbons (Fsp3) is 0.773. The summed E-state index contributed by atoms with van der Waals surface area (Å²) in [5, 5.41) is 13.4. The first-order valence-electron chi connectivity index (χ1n) is 12.0. The molecule has 0 radical (unpaired) electrons. The van der Waals surface area contributed by atoms with E-state index in [9.17, 15) is 5.11 Å². The van der Waals surface area contributed by atoms with Crippen molar-refractivity contribution in [3.63, 3.8) is 0 Å². The van der Waals surface area contributed by atoms with Crippen molar-refractivity contribution < 1.29 is 9.84 Å². The predicted octanol–water partition coefficient (Wildman–Crippen LogP) is 2.04. The minimum absolute atomic E-state index is 0.102. The number of aromatic nitrogens is 4. The molecule has 2 aromatic rings. The largest absolute Gasteiger partial charge is 0.394 e. The summed E-state index contributed by atoms with van der Waals surface area (Å²) in [6, 6.07) is 0.569. The highest BCUT2D eigenvalue weighted by Crippen LogP contribution is 2.33. The normalized spacial score (nSPS) is 23.6. The number of morpholine rings is 1. The van der Waals surface area contributed by atoms with Crippen LogP contribution >= 0.6 is 0 Å². The summed E-state index contributed by atoms with van der Waals surface area (Å²) in [5.41, 5.74) is 1.78. The fourth-order valence-corrected chi connectivity index (χ4v) is 5.23. The number of aliphatic hydroxyl groups excluding tert-OH is 1. The molecule has 2 N–H and O–H groups in total. The molecule has 31 heavy (non-hydrogen) atoms. The summed E-state index contributed by atoms with van der Waals surface area (Å²) in [5.74, 6) is 1.53. The molecular formula is C22H35N7O2. The minimum Gasteiger partial charge on any atom is -0.394 e. The molecule has 9 heteroatoms. The number of hydrogen-bond donors (Lipinski definition) is 2. The van der Waals surface area contributed by atoms with Crippen molar-refractivity contribution in [2.75, 3.05) is 62.8 Å². The summed E-state index contributed by atoms with van der Waals surface area (Å²) >= 11 is 0. The van der Waals surface area contributed by atoms with Gasteiger partial charge in [-0.3, -0.25) is 4.90 Å². The molecule has 2 aliphatic heterocycles. The molecule has 4 heterocycles. The molecule has 1 atom stereocenters. The maximum absolute atomic E-state index is 9.84. The Morgan fingerprint density at radius 1 is 1.03 bits per heavy atom. The summed E-state index contributed by atoms with van der Waals surface area (Å²) < 4.78 is 7.73. The van der Waals surface area contributed by atoms with Gasteiger partial charge < -0.3 is 24.6 Å². The lowest BCUT2D eigenvalue weighted by Gasteiger charge is -2.27. The van der Waals surface area contributed by atoms with Crippen LogP contribution in [0.15, 0.2) is 6.33 Å². The molecule has 2 aromatic heterocycles. The van der Waals surface area contributed by atoms with Crippen LogP contribution in [0.2, 0.25) is 0 Å². The zero-order valence-electron chi connectivity index (χ0n) is 18.4. The van der Waals surface area contributed by atoms with Gasteiger partial charge in [-0.1, -0.05) is 19.3 Å². The van der Waals surface area contributed by atoms with Crippen LogP contribution < -0.4 is 10.2 Å². The number of nitrogens with one attached hydrogen (secondary N) is 1. The lowest BCUT2D eigenvalue weighted by atomic mass is 9.95. The number of imidazole rings is 1. The number of ether oxygens (including phenoxy) is 1. The lowest BCUT2D eigenvalue weighted by Crippen LogP contribution is -2.39. The molecule has 1 aliphatic carbocycles. The third-order valence-corrected chi connectivity index (χ3v) is 7.05. The zero-order valence-corrected chi connectivity index (χ0v) is 18.4. The molecule has 170 valence electrons. The van der Waals surface area contributed by atoms with Crippen molar-refractivity contribution >= 4 is 22.9 Å². The Bertz CT molecular complexity index is 861. The molecule has 9 nitrogen and oxygen atoms in total. The summed E-state index contributed by atoms with van der Waals surface area (Å²) in [4.78, 5) is 19.2. The molecule has 0 aromatic carbocycles. The van der Waals surface area contributed by atoms with E-state index < -0.39 is 0 Å². The maximum atomic E-state index is 9.84. The Balaban J connectivity index is 1.43. The van der Waals surface area contributed by atoms with Gasteiger partial charge in [0, 0.05) is 38.8 Å². The van der Waals surface area contributed by atoms with Crippen LogP contribution in [0, 0.1) is 0 Å². The first-order valence-corrected chi connectivity index (χ1v) is 12.0. The molecule has 3 aliphatic rings. The number of aliphatic hydroxyl groups is 1. The second kappa shape index (κ2) is 9.67. The van der Waals surface area contributed by atoms with Crippen molar-refractivity contribution in [3.8, 4) is 0 Å². The Labute approximate surface area is 183 Å². The highest BCUT2D eigenvalue weighted by Gasteiger charge is 2.28. The smallest absolute Gasteiger partial charge is 0.229 e. The van der Waals surface area contributed by atoms with Gasteiger partial charge in [0.15, 0.2) is 17.0 Å². The van der Waals surface area contributed by atoms with E-state index in [1.807, 2.05) is 6.33 Å². The Hall–Kier alpha value is -1.97. The fourth-order valence-electron chi connectivity index (χ4n) is 5.23. The van der Waals surface area contributed by atoms with Gasteiger partial charge in [-0.15, -0.1) is 0 Å². The first-order chi connectivity index (χ1) is 15.3. The first kappa shape index (κ1) is 20.9. The number of fused-ring (bicyclic) bond motifs is 1. The Morgan fingerprint density at radius 3 is 2.68 bits per heavy atom. The minimum atomic E-state index is 0.102. The van der Waals surface area contributed by atoms with Gasteiger partial charge in [-0.2, -0.15) is 9.97 Å². The van der Waals surface area contributed by atoms with E-state index in [2.05, 4.69) is 19.7 Å². The van der Waals surface area contributed by atoms with Gasteiger partial charge in [0.25, 0.3) is 0 Å². The molecule has 3 fully saturated rings. The second-order valence-corrected chi connectivity index (χ2v) is 9.04. The van der Waals surface area contributed by atoms with Crippen molar-refractivity contribution in [2.24, 2.45) is 0 Å². The van der Waals surface area contributed by atoms with Gasteiger partial charge in [-0.05, 0) is 25.7 Å². The number of hydrogen-bond acceptors (Lipinski definition) is 8. The van der Waals surface area contributed by atoms with Gasteiger partial charge in [0.2, 0.25) is 5.95 Å². The van der Waals surface area contributed by atoms with E-state index in [4.69, 9.17) is 19.7 Å². The Kier molecular flexibility index (Phi) is 6.52. The van der Waals surface area contributed by atoms with Crippen LogP contribution in [0.4, 0.5) is 11.8 Å². The molecule has 5 rings (SSSR count). The molecule has 2 saturated heterocycles. The molecule has 0 amide bonds. The van der Waals surface area contributed by atoms with Crippen LogP contribution in [0.1, 0.15) is 51.0 Å². The van der Waals surface area contributed by atoms with E-state index >= 15 is 0 Å². The monoisotopic (exact) mass is 429 g/mol. The zero-order chi connectivity index (χ0) is 21.0. The molecule has 1 saturated carbocycles. The van der Waals surface area contributed by atoms with E-state index in [1.54, 1.807) is 0 Å². The number of anilines is 2.